The second-order valence-corrected chi connectivity index (χ2v) is 2.59. The number of hydrogen-bond donors (Lipinski definition) is 1. The molecule has 5 nitrogen and oxygen atoms in total. The lowest BCUT2D eigenvalue weighted by atomic mass is 10.3. The lowest BCUT2D eigenvalue weighted by Gasteiger charge is -2.02. The number of aryl methyl sites for hydroxylation is 1. The normalized spacial score (nSPS) is 13.2. The molecule has 0 spiro atoms. The third kappa shape index (κ3) is 2.23. The molecule has 1 aromatic rings. The number of alkyl halides is 1. The Morgan fingerprint density at radius 2 is 2.42 bits per heavy atom. The van der Waals surface area contributed by atoms with Crippen molar-refractivity contribution >= 4 is 0 Å². The highest BCUT2D eigenvalue weighted by Crippen LogP contribution is 1.99. The van der Waals surface area contributed by atoms with Gasteiger partial charge in [0.2, 0.25) is 0 Å². The van der Waals surface area contributed by atoms with Crippen molar-refractivity contribution in [3.05, 3.63) is 5.82 Å². The van der Waals surface area contributed by atoms with Crippen LogP contribution in [-0.4, -0.2) is 26.4 Å². The Labute approximate surface area is 69.7 Å². The standard InChI is InChI=1S/C6H12FN5/c1-5(7)2-3-12-6(4-8)9-10-11-12/h5H,2-4,8H2,1H3. The molecule has 6 heteroatoms. The van der Waals surface area contributed by atoms with Gasteiger partial charge in [0, 0.05) is 6.54 Å². The van der Waals surface area contributed by atoms with Crippen LogP contribution >= 0.6 is 0 Å². The summed E-state index contributed by atoms with van der Waals surface area (Å²) in [5.74, 6) is 0.593. The van der Waals surface area contributed by atoms with Gasteiger partial charge in [0.05, 0.1) is 12.7 Å². The molecule has 12 heavy (non-hydrogen) atoms. The number of halogens is 1. The summed E-state index contributed by atoms with van der Waals surface area (Å²) in [6, 6.07) is 0. The Morgan fingerprint density at radius 3 is 3.00 bits per heavy atom. The van der Waals surface area contributed by atoms with Gasteiger partial charge in [-0.1, -0.05) is 0 Å². The van der Waals surface area contributed by atoms with E-state index in [1.165, 1.54) is 11.6 Å². The van der Waals surface area contributed by atoms with Crippen LogP contribution in [0.4, 0.5) is 4.39 Å². The van der Waals surface area contributed by atoms with Crippen LogP contribution in [0.25, 0.3) is 0 Å². The summed E-state index contributed by atoms with van der Waals surface area (Å²) < 4.78 is 13.9. The molecule has 0 aliphatic rings. The molecular weight excluding hydrogens is 161 g/mol. The lowest BCUT2D eigenvalue weighted by molar-refractivity contribution is 0.317. The van der Waals surface area contributed by atoms with Gasteiger partial charge in [-0.2, -0.15) is 0 Å². The van der Waals surface area contributed by atoms with Gasteiger partial charge in [-0.15, -0.1) is 5.10 Å². The van der Waals surface area contributed by atoms with E-state index in [-0.39, 0.29) is 6.54 Å². The van der Waals surface area contributed by atoms with Crippen LogP contribution in [0, 0.1) is 0 Å². The zero-order valence-corrected chi connectivity index (χ0v) is 6.94. The van der Waals surface area contributed by atoms with Crippen molar-refractivity contribution < 1.29 is 4.39 Å². The molecule has 0 fully saturated rings. The first-order valence-electron chi connectivity index (χ1n) is 3.83. The Kier molecular flexibility index (Phi) is 3.09. The second-order valence-electron chi connectivity index (χ2n) is 2.59. The van der Waals surface area contributed by atoms with Gasteiger partial charge in [0.25, 0.3) is 0 Å². The highest BCUT2D eigenvalue weighted by atomic mass is 19.1. The minimum atomic E-state index is -0.833. The average molecular weight is 173 g/mol. The lowest BCUT2D eigenvalue weighted by Crippen LogP contribution is -2.12. The Bertz CT molecular complexity index is 234. The molecule has 0 aliphatic carbocycles. The monoisotopic (exact) mass is 173 g/mol. The first-order valence-corrected chi connectivity index (χ1v) is 3.83. The molecule has 1 heterocycles. The zero-order chi connectivity index (χ0) is 8.97. The maximum atomic E-state index is 12.4. The average Bonchev–Trinajstić information content (AvgIpc) is 2.47. The van der Waals surface area contributed by atoms with Crippen molar-refractivity contribution in [1.29, 1.82) is 0 Å². The second kappa shape index (κ2) is 4.10. The van der Waals surface area contributed by atoms with E-state index < -0.39 is 6.17 Å². The molecule has 1 aromatic heterocycles. The summed E-state index contributed by atoms with van der Waals surface area (Å²) in [6.07, 6.45) is -0.419. The predicted octanol–water partition coefficient (Wildman–Crippen LogP) is -0.120. The predicted molar refractivity (Wildman–Crippen MR) is 40.9 cm³/mol. The molecule has 0 radical (unpaired) electrons. The molecule has 0 aliphatic heterocycles. The van der Waals surface area contributed by atoms with Crippen LogP contribution in [0.3, 0.4) is 0 Å². The molecule has 0 saturated heterocycles. The number of aromatic nitrogens is 4. The SMILES string of the molecule is CC(F)CCn1nnnc1CN. The topological polar surface area (TPSA) is 69.6 Å². The Hall–Kier alpha value is -1.04. The molecule has 0 aromatic carbocycles. The van der Waals surface area contributed by atoms with Crippen molar-refractivity contribution in [3.8, 4) is 0 Å². The fourth-order valence-electron chi connectivity index (χ4n) is 0.843. The van der Waals surface area contributed by atoms with E-state index in [0.717, 1.165) is 0 Å². The maximum Gasteiger partial charge on any atom is 0.164 e. The van der Waals surface area contributed by atoms with Crippen molar-refractivity contribution in [3.63, 3.8) is 0 Å². The molecule has 1 unspecified atom stereocenters. The van der Waals surface area contributed by atoms with Crippen LogP contribution in [0.5, 0.6) is 0 Å². The summed E-state index contributed by atoms with van der Waals surface area (Å²) in [7, 11) is 0. The van der Waals surface area contributed by atoms with Crippen molar-refractivity contribution in [2.75, 3.05) is 0 Å². The molecule has 1 atom stereocenters. The molecule has 0 saturated carbocycles. The smallest absolute Gasteiger partial charge is 0.164 e. The minimum Gasteiger partial charge on any atom is -0.324 e. The number of hydrogen-bond acceptors (Lipinski definition) is 4. The van der Waals surface area contributed by atoms with Crippen LogP contribution < -0.4 is 5.73 Å². The number of nitrogens with zero attached hydrogens (tertiary/aromatic N) is 4. The van der Waals surface area contributed by atoms with Gasteiger partial charge in [-0.05, 0) is 23.8 Å². The third-order valence-electron chi connectivity index (χ3n) is 1.53. The molecule has 0 amide bonds. The molecule has 1 rings (SSSR count). The summed E-state index contributed by atoms with van der Waals surface area (Å²) in [4.78, 5) is 0. The van der Waals surface area contributed by atoms with Crippen LogP contribution in [-0.2, 0) is 13.1 Å². The van der Waals surface area contributed by atoms with E-state index in [0.29, 0.717) is 18.8 Å². The minimum absolute atomic E-state index is 0.285. The number of tetrazole rings is 1. The van der Waals surface area contributed by atoms with Crippen LogP contribution in [0.1, 0.15) is 19.2 Å². The van der Waals surface area contributed by atoms with Crippen LogP contribution in [0.2, 0.25) is 0 Å². The third-order valence-corrected chi connectivity index (χ3v) is 1.53. The maximum absolute atomic E-state index is 12.4. The van der Waals surface area contributed by atoms with E-state index in [4.69, 9.17) is 5.73 Å². The highest BCUT2D eigenvalue weighted by molar-refractivity contribution is 4.77. The van der Waals surface area contributed by atoms with Crippen molar-refractivity contribution in [2.45, 2.75) is 32.6 Å². The summed E-state index contributed by atoms with van der Waals surface area (Å²) >= 11 is 0. The van der Waals surface area contributed by atoms with E-state index in [2.05, 4.69) is 15.5 Å². The van der Waals surface area contributed by atoms with Gasteiger partial charge in [0.15, 0.2) is 5.82 Å². The van der Waals surface area contributed by atoms with Gasteiger partial charge in [-0.3, -0.25) is 0 Å². The quantitative estimate of drug-likeness (QED) is 0.689. The summed E-state index contributed by atoms with van der Waals surface area (Å²) in [5, 5.41) is 10.8. The van der Waals surface area contributed by atoms with Crippen molar-refractivity contribution in [1.82, 2.24) is 20.2 Å². The Balaban J connectivity index is 2.50. The van der Waals surface area contributed by atoms with Crippen molar-refractivity contribution in [2.24, 2.45) is 5.73 Å². The van der Waals surface area contributed by atoms with E-state index in [9.17, 15) is 4.39 Å². The first kappa shape index (κ1) is 9.05. The van der Waals surface area contributed by atoms with E-state index in [1.54, 1.807) is 0 Å². The molecule has 2 N–H and O–H groups in total. The van der Waals surface area contributed by atoms with Gasteiger partial charge in [0.1, 0.15) is 0 Å². The largest absolute Gasteiger partial charge is 0.324 e. The number of rotatable bonds is 4. The fourth-order valence-corrected chi connectivity index (χ4v) is 0.843. The summed E-state index contributed by atoms with van der Waals surface area (Å²) in [6.45, 7) is 2.28. The van der Waals surface area contributed by atoms with Crippen LogP contribution in [0.15, 0.2) is 0 Å². The number of nitrogens with two attached hydrogens (primary N) is 1. The summed E-state index contributed by atoms with van der Waals surface area (Å²) in [5.41, 5.74) is 5.34. The van der Waals surface area contributed by atoms with Gasteiger partial charge < -0.3 is 5.73 Å². The molecular formula is C6H12FN5. The molecule has 0 bridgehead atoms. The fraction of sp³-hybridized carbons (Fsp3) is 0.833. The van der Waals surface area contributed by atoms with Gasteiger partial charge in [-0.25, -0.2) is 9.07 Å². The Morgan fingerprint density at radius 1 is 1.67 bits per heavy atom. The first-order chi connectivity index (χ1) is 5.74. The highest BCUT2D eigenvalue weighted by Gasteiger charge is 2.05. The zero-order valence-electron chi connectivity index (χ0n) is 6.94. The van der Waals surface area contributed by atoms with E-state index >= 15 is 0 Å². The molecule has 68 valence electrons. The van der Waals surface area contributed by atoms with Gasteiger partial charge >= 0.3 is 0 Å². The van der Waals surface area contributed by atoms with E-state index in [1.807, 2.05) is 0 Å².